The molecule has 0 saturated heterocycles. The summed E-state index contributed by atoms with van der Waals surface area (Å²) in [7, 11) is 1.75. The van der Waals surface area contributed by atoms with Gasteiger partial charge in [0.1, 0.15) is 0 Å². The Morgan fingerprint density at radius 1 is 1.12 bits per heavy atom. The maximum atomic E-state index is 12.1. The molecule has 0 spiro atoms. The zero-order valence-corrected chi connectivity index (χ0v) is 19.2. The molecule has 0 aliphatic heterocycles. The third-order valence-corrected chi connectivity index (χ3v) is 4.18. The number of halogens is 2. The Balaban J connectivity index is 0.00000625. The Hall–Kier alpha value is -1.02. The van der Waals surface area contributed by atoms with Gasteiger partial charge in [-0.25, -0.2) is 0 Å². The molecule has 1 aromatic carbocycles. The van der Waals surface area contributed by atoms with Crippen molar-refractivity contribution < 1.29 is 4.79 Å². The molecule has 0 saturated carbocycles. The van der Waals surface area contributed by atoms with Crippen LogP contribution in [0.1, 0.15) is 50.4 Å². The fourth-order valence-corrected chi connectivity index (χ4v) is 2.65. The Morgan fingerprint density at radius 2 is 1.77 bits per heavy atom. The minimum absolute atomic E-state index is 0. The van der Waals surface area contributed by atoms with Crippen LogP contribution in [-0.4, -0.2) is 38.0 Å². The van der Waals surface area contributed by atoms with Crippen molar-refractivity contribution in [3.8, 4) is 0 Å². The van der Waals surface area contributed by atoms with Gasteiger partial charge in [-0.15, -0.1) is 24.0 Å². The molecule has 1 amide bonds. The van der Waals surface area contributed by atoms with Crippen molar-refractivity contribution in [2.75, 3.05) is 20.1 Å². The van der Waals surface area contributed by atoms with Crippen LogP contribution in [0, 0.1) is 5.92 Å². The van der Waals surface area contributed by atoms with Crippen LogP contribution in [0.2, 0.25) is 5.02 Å². The van der Waals surface area contributed by atoms with E-state index < -0.39 is 0 Å². The Morgan fingerprint density at radius 3 is 2.38 bits per heavy atom. The number of guanidine groups is 1. The van der Waals surface area contributed by atoms with Gasteiger partial charge < -0.3 is 16.0 Å². The highest BCUT2D eigenvalue weighted by molar-refractivity contribution is 14.0. The standard InChI is InChI=1S/C19H31ClN4O.HI/c1-14(2)8-7-9-15(3)24-19(21-4)23-13-12-22-18(25)16-10-5-6-11-17(16)20;/h5-6,10-11,14-15H,7-9,12-13H2,1-4H3,(H,22,25)(H2,21,23,24);1H. The molecule has 0 heterocycles. The first kappa shape index (κ1) is 25.0. The minimum atomic E-state index is -0.169. The second-order valence-corrected chi connectivity index (χ2v) is 7.01. The molecule has 26 heavy (non-hydrogen) atoms. The van der Waals surface area contributed by atoms with Gasteiger partial charge in [-0.2, -0.15) is 0 Å². The highest BCUT2D eigenvalue weighted by Gasteiger charge is 2.09. The second-order valence-electron chi connectivity index (χ2n) is 6.60. The Labute approximate surface area is 179 Å². The largest absolute Gasteiger partial charge is 0.355 e. The van der Waals surface area contributed by atoms with Gasteiger partial charge >= 0.3 is 0 Å². The summed E-state index contributed by atoms with van der Waals surface area (Å²) in [6.07, 6.45) is 3.56. The molecule has 0 aromatic heterocycles. The lowest BCUT2D eigenvalue weighted by molar-refractivity contribution is 0.0954. The van der Waals surface area contributed by atoms with E-state index in [4.69, 9.17) is 11.6 Å². The zero-order valence-electron chi connectivity index (χ0n) is 16.1. The summed E-state index contributed by atoms with van der Waals surface area (Å²) in [5.41, 5.74) is 0.491. The van der Waals surface area contributed by atoms with Gasteiger partial charge in [-0.05, 0) is 31.4 Å². The lowest BCUT2D eigenvalue weighted by Crippen LogP contribution is -2.44. The fourth-order valence-electron chi connectivity index (χ4n) is 2.43. The molecule has 148 valence electrons. The van der Waals surface area contributed by atoms with Crippen LogP contribution in [0.25, 0.3) is 0 Å². The van der Waals surface area contributed by atoms with E-state index in [1.165, 1.54) is 12.8 Å². The van der Waals surface area contributed by atoms with E-state index >= 15 is 0 Å². The molecule has 0 bridgehead atoms. The average Bonchev–Trinajstić information content (AvgIpc) is 2.57. The van der Waals surface area contributed by atoms with Crippen molar-refractivity contribution in [3.05, 3.63) is 34.9 Å². The van der Waals surface area contributed by atoms with Gasteiger partial charge in [-0.3, -0.25) is 9.79 Å². The monoisotopic (exact) mass is 494 g/mol. The van der Waals surface area contributed by atoms with Crippen LogP contribution in [0.15, 0.2) is 29.3 Å². The Kier molecular flexibility index (Phi) is 13.5. The van der Waals surface area contributed by atoms with Crippen molar-refractivity contribution in [2.45, 2.75) is 46.1 Å². The summed E-state index contributed by atoms with van der Waals surface area (Å²) in [5, 5.41) is 9.90. The molecule has 1 rings (SSSR count). The summed E-state index contributed by atoms with van der Waals surface area (Å²) < 4.78 is 0. The first-order valence-electron chi connectivity index (χ1n) is 8.94. The lowest BCUT2D eigenvalue weighted by atomic mass is 10.0. The number of aliphatic imine (C=N–C) groups is 1. The number of benzene rings is 1. The molecule has 1 atom stereocenters. The second kappa shape index (κ2) is 14.1. The van der Waals surface area contributed by atoms with Crippen LogP contribution in [0.5, 0.6) is 0 Å². The smallest absolute Gasteiger partial charge is 0.252 e. The molecule has 1 aromatic rings. The maximum Gasteiger partial charge on any atom is 0.252 e. The first-order chi connectivity index (χ1) is 11.9. The number of nitrogens with one attached hydrogen (secondary N) is 3. The van der Waals surface area contributed by atoms with E-state index in [0.717, 1.165) is 18.3 Å². The topological polar surface area (TPSA) is 65.5 Å². The minimum Gasteiger partial charge on any atom is -0.355 e. The summed E-state index contributed by atoms with van der Waals surface area (Å²) in [6.45, 7) is 7.73. The molecule has 1 unspecified atom stereocenters. The molecule has 5 nitrogen and oxygen atoms in total. The summed E-state index contributed by atoms with van der Waals surface area (Å²) >= 11 is 6.02. The number of hydrogen-bond donors (Lipinski definition) is 3. The maximum absolute atomic E-state index is 12.1. The van der Waals surface area contributed by atoms with E-state index in [0.29, 0.717) is 29.7 Å². The van der Waals surface area contributed by atoms with Crippen molar-refractivity contribution in [3.63, 3.8) is 0 Å². The van der Waals surface area contributed by atoms with Crippen molar-refractivity contribution in [1.82, 2.24) is 16.0 Å². The first-order valence-corrected chi connectivity index (χ1v) is 9.31. The number of carbonyl (C=O) groups is 1. The van der Waals surface area contributed by atoms with Crippen molar-refractivity contribution >= 4 is 47.4 Å². The highest BCUT2D eigenvalue weighted by atomic mass is 127. The van der Waals surface area contributed by atoms with Gasteiger partial charge in [-0.1, -0.05) is 50.4 Å². The third kappa shape index (κ3) is 10.2. The predicted molar refractivity (Wildman–Crippen MR) is 122 cm³/mol. The molecule has 0 aliphatic rings. The predicted octanol–water partition coefficient (Wildman–Crippen LogP) is 4.07. The number of rotatable bonds is 9. The van der Waals surface area contributed by atoms with Crippen LogP contribution in [0.3, 0.4) is 0 Å². The summed E-state index contributed by atoms with van der Waals surface area (Å²) in [6, 6.07) is 7.39. The van der Waals surface area contributed by atoms with E-state index in [2.05, 4.69) is 41.7 Å². The normalized spacial score (nSPS) is 12.3. The van der Waals surface area contributed by atoms with Gasteiger partial charge in [0, 0.05) is 26.2 Å². The Bertz CT molecular complexity index is 566. The van der Waals surface area contributed by atoms with E-state index in [-0.39, 0.29) is 29.9 Å². The van der Waals surface area contributed by atoms with Gasteiger partial charge in [0.25, 0.3) is 5.91 Å². The quantitative estimate of drug-likeness (QED) is 0.210. The van der Waals surface area contributed by atoms with Gasteiger partial charge in [0.2, 0.25) is 0 Å². The van der Waals surface area contributed by atoms with Crippen LogP contribution < -0.4 is 16.0 Å². The van der Waals surface area contributed by atoms with E-state index in [1.54, 1.807) is 31.3 Å². The zero-order chi connectivity index (χ0) is 18.7. The third-order valence-electron chi connectivity index (χ3n) is 3.85. The number of nitrogens with zero attached hydrogens (tertiary/aromatic N) is 1. The van der Waals surface area contributed by atoms with Gasteiger partial charge in [0.15, 0.2) is 5.96 Å². The summed E-state index contributed by atoms with van der Waals surface area (Å²) in [5.74, 6) is 1.33. The number of hydrogen-bond acceptors (Lipinski definition) is 2. The van der Waals surface area contributed by atoms with Gasteiger partial charge in [0.05, 0.1) is 10.6 Å². The fraction of sp³-hybridized carbons (Fsp3) is 0.579. The molecule has 0 radical (unpaired) electrons. The average molecular weight is 495 g/mol. The number of amides is 1. The molecule has 7 heteroatoms. The van der Waals surface area contributed by atoms with Crippen molar-refractivity contribution in [1.29, 1.82) is 0 Å². The van der Waals surface area contributed by atoms with Crippen molar-refractivity contribution in [2.24, 2.45) is 10.9 Å². The molecule has 0 fully saturated rings. The van der Waals surface area contributed by atoms with Crippen LogP contribution in [0.4, 0.5) is 0 Å². The van der Waals surface area contributed by atoms with E-state index in [9.17, 15) is 4.79 Å². The highest BCUT2D eigenvalue weighted by Crippen LogP contribution is 2.14. The molecule has 0 aliphatic carbocycles. The lowest BCUT2D eigenvalue weighted by Gasteiger charge is -2.18. The van der Waals surface area contributed by atoms with E-state index in [1.807, 2.05) is 0 Å². The summed E-state index contributed by atoms with van der Waals surface area (Å²) in [4.78, 5) is 16.3. The molecular formula is C19H32ClIN4O. The van der Waals surface area contributed by atoms with Crippen LogP contribution >= 0.6 is 35.6 Å². The molecule has 3 N–H and O–H groups in total. The van der Waals surface area contributed by atoms with Crippen LogP contribution in [-0.2, 0) is 0 Å². The SMILES string of the molecule is CN=C(NCCNC(=O)c1ccccc1Cl)NC(C)CCCC(C)C.I. The molecular weight excluding hydrogens is 463 g/mol. The number of carbonyl (C=O) groups excluding carboxylic acids is 1.